The number of nitrogens with two attached hydrogens (primary N) is 1. The van der Waals surface area contributed by atoms with Gasteiger partial charge in [-0.1, -0.05) is 0 Å². The van der Waals surface area contributed by atoms with E-state index >= 15 is 0 Å². The van der Waals surface area contributed by atoms with Crippen molar-refractivity contribution in [2.45, 2.75) is 4.90 Å². The average Bonchev–Trinajstić information content (AvgIpc) is 2.76. The van der Waals surface area contributed by atoms with Crippen LogP contribution in [0.25, 0.3) is 11.3 Å². The van der Waals surface area contributed by atoms with Crippen LogP contribution in [-0.2, 0) is 7.05 Å². The molecule has 19 heavy (non-hydrogen) atoms. The summed E-state index contributed by atoms with van der Waals surface area (Å²) in [6.45, 7) is 0. The lowest BCUT2D eigenvalue weighted by molar-refractivity contribution is 0.354. The summed E-state index contributed by atoms with van der Waals surface area (Å²) in [6, 6.07) is 5.72. The predicted molar refractivity (Wildman–Crippen MR) is 77.9 cm³/mol. The highest BCUT2D eigenvalue weighted by Crippen LogP contribution is 2.39. The zero-order valence-corrected chi connectivity index (χ0v) is 12.2. The molecular formula is C13H17N3O2S. The van der Waals surface area contributed by atoms with Crippen molar-refractivity contribution in [2.24, 2.45) is 7.05 Å². The molecule has 2 N–H and O–H groups in total. The fourth-order valence-corrected chi connectivity index (χ4v) is 2.45. The van der Waals surface area contributed by atoms with E-state index in [0.29, 0.717) is 17.3 Å². The Kier molecular flexibility index (Phi) is 3.90. The van der Waals surface area contributed by atoms with Crippen LogP contribution in [0.2, 0.25) is 0 Å². The summed E-state index contributed by atoms with van der Waals surface area (Å²) in [5.74, 6) is 2.01. The van der Waals surface area contributed by atoms with Crippen LogP contribution in [0, 0.1) is 0 Å². The SMILES string of the molecule is COc1cc(SC)c(-c2cc(N)n(C)n2)cc1OC. The van der Waals surface area contributed by atoms with Gasteiger partial charge in [0.25, 0.3) is 0 Å². The highest BCUT2D eigenvalue weighted by molar-refractivity contribution is 7.98. The van der Waals surface area contributed by atoms with Crippen molar-refractivity contribution in [1.82, 2.24) is 9.78 Å². The van der Waals surface area contributed by atoms with Crippen LogP contribution in [0.1, 0.15) is 0 Å². The van der Waals surface area contributed by atoms with Crippen molar-refractivity contribution in [3.63, 3.8) is 0 Å². The van der Waals surface area contributed by atoms with E-state index < -0.39 is 0 Å². The van der Waals surface area contributed by atoms with Gasteiger partial charge in [-0.3, -0.25) is 4.68 Å². The first-order valence-electron chi connectivity index (χ1n) is 5.70. The molecule has 0 radical (unpaired) electrons. The molecule has 0 unspecified atom stereocenters. The quantitative estimate of drug-likeness (QED) is 0.871. The first kappa shape index (κ1) is 13.6. The summed E-state index contributed by atoms with van der Waals surface area (Å²) >= 11 is 1.63. The third kappa shape index (κ3) is 2.49. The summed E-state index contributed by atoms with van der Waals surface area (Å²) in [6.07, 6.45) is 2.01. The average molecular weight is 279 g/mol. The Labute approximate surface area is 116 Å². The molecule has 6 heteroatoms. The Morgan fingerprint density at radius 2 is 1.79 bits per heavy atom. The summed E-state index contributed by atoms with van der Waals surface area (Å²) in [5.41, 5.74) is 7.64. The van der Waals surface area contributed by atoms with Gasteiger partial charge in [-0.2, -0.15) is 5.10 Å². The highest BCUT2D eigenvalue weighted by Gasteiger charge is 2.15. The van der Waals surface area contributed by atoms with E-state index in [9.17, 15) is 0 Å². The summed E-state index contributed by atoms with van der Waals surface area (Å²) in [5, 5.41) is 4.40. The van der Waals surface area contributed by atoms with E-state index in [4.69, 9.17) is 15.2 Å². The van der Waals surface area contributed by atoms with Gasteiger partial charge in [0, 0.05) is 23.6 Å². The van der Waals surface area contributed by atoms with Crippen LogP contribution < -0.4 is 15.2 Å². The Bertz CT molecular complexity index is 576. The number of thioether (sulfide) groups is 1. The fraction of sp³-hybridized carbons (Fsp3) is 0.308. The van der Waals surface area contributed by atoms with E-state index in [2.05, 4.69) is 5.10 Å². The molecule has 0 fully saturated rings. The Morgan fingerprint density at radius 3 is 2.26 bits per heavy atom. The van der Waals surface area contributed by atoms with Crippen LogP contribution in [0.5, 0.6) is 11.5 Å². The van der Waals surface area contributed by atoms with Crippen LogP contribution in [0.4, 0.5) is 5.82 Å². The van der Waals surface area contributed by atoms with Gasteiger partial charge in [-0.25, -0.2) is 0 Å². The van der Waals surface area contributed by atoms with E-state index in [1.165, 1.54) is 0 Å². The first-order valence-corrected chi connectivity index (χ1v) is 6.93. The molecule has 0 amide bonds. The van der Waals surface area contributed by atoms with Gasteiger partial charge in [0.05, 0.1) is 19.9 Å². The minimum atomic E-state index is 0.622. The maximum Gasteiger partial charge on any atom is 0.161 e. The third-order valence-corrected chi connectivity index (χ3v) is 3.68. The highest BCUT2D eigenvalue weighted by atomic mass is 32.2. The molecule has 1 heterocycles. The lowest BCUT2D eigenvalue weighted by atomic mass is 10.1. The number of nitrogens with zero attached hydrogens (tertiary/aromatic N) is 2. The van der Waals surface area contributed by atoms with Crippen molar-refractivity contribution in [2.75, 3.05) is 26.2 Å². The van der Waals surface area contributed by atoms with E-state index in [-0.39, 0.29) is 0 Å². The van der Waals surface area contributed by atoms with Gasteiger partial charge in [0.1, 0.15) is 5.82 Å². The van der Waals surface area contributed by atoms with Gasteiger partial charge in [0.15, 0.2) is 11.5 Å². The van der Waals surface area contributed by atoms with E-state index in [1.54, 1.807) is 30.7 Å². The predicted octanol–water partition coefficient (Wildman–Crippen LogP) is 2.41. The largest absolute Gasteiger partial charge is 0.493 e. The van der Waals surface area contributed by atoms with Gasteiger partial charge in [-0.05, 0) is 18.4 Å². The molecule has 0 spiro atoms. The van der Waals surface area contributed by atoms with Gasteiger partial charge < -0.3 is 15.2 Å². The second kappa shape index (κ2) is 5.44. The zero-order valence-electron chi connectivity index (χ0n) is 11.4. The van der Waals surface area contributed by atoms with Gasteiger partial charge >= 0.3 is 0 Å². The number of methoxy groups -OCH3 is 2. The number of benzene rings is 1. The van der Waals surface area contributed by atoms with Crippen molar-refractivity contribution in [3.8, 4) is 22.8 Å². The smallest absolute Gasteiger partial charge is 0.161 e. The molecular weight excluding hydrogens is 262 g/mol. The molecule has 0 bridgehead atoms. The Hall–Kier alpha value is -1.82. The number of hydrogen-bond acceptors (Lipinski definition) is 5. The molecule has 1 aromatic heterocycles. The van der Waals surface area contributed by atoms with Crippen molar-refractivity contribution in [3.05, 3.63) is 18.2 Å². The van der Waals surface area contributed by atoms with E-state index in [1.807, 2.05) is 31.5 Å². The zero-order chi connectivity index (χ0) is 14.0. The number of nitrogen functional groups attached to an aromatic ring is 1. The van der Waals surface area contributed by atoms with Crippen LogP contribution in [0.15, 0.2) is 23.1 Å². The molecule has 0 saturated carbocycles. The second-order valence-electron chi connectivity index (χ2n) is 3.99. The minimum Gasteiger partial charge on any atom is -0.493 e. The van der Waals surface area contributed by atoms with Crippen LogP contribution in [-0.4, -0.2) is 30.3 Å². The maximum atomic E-state index is 5.83. The van der Waals surface area contributed by atoms with Crippen molar-refractivity contribution >= 4 is 17.6 Å². The number of aromatic nitrogens is 2. The summed E-state index contributed by atoms with van der Waals surface area (Å²) in [4.78, 5) is 1.07. The molecule has 102 valence electrons. The normalized spacial score (nSPS) is 10.5. The topological polar surface area (TPSA) is 62.3 Å². The number of rotatable bonds is 4. The molecule has 0 atom stereocenters. The van der Waals surface area contributed by atoms with E-state index in [0.717, 1.165) is 16.2 Å². The number of ether oxygens (including phenoxy) is 2. The molecule has 0 aliphatic rings. The number of anilines is 1. The fourth-order valence-electron chi connectivity index (χ4n) is 1.84. The molecule has 0 saturated heterocycles. The maximum absolute atomic E-state index is 5.83. The number of aryl methyl sites for hydroxylation is 1. The summed E-state index contributed by atoms with van der Waals surface area (Å²) < 4.78 is 12.3. The van der Waals surface area contributed by atoms with Crippen molar-refractivity contribution < 1.29 is 9.47 Å². The Morgan fingerprint density at radius 1 is 1.16 bits per heavy atom. The minimum absolute atomic E-state index is 0.622. The third-order valence-electron chi connectivity index (χ3n) is 2.90. The van der Waals surface area contributed by atoms with Crippen LogP contribution >= 0.6 is 11.8 Å². The van der Waals surface area contributed by atoms with Gasteiger partial charge in [0.2, 0.25) is 0 Å². The monoisotopic (exact) mass is 279 g/mol. The summed E-state index contributed by atoms with van der Waals surface area (Å²) in [7, 11) is 5.06. The lowest BCUT2D eigenvalue weighted by Gasteiger charge is -2.12. The van der Waals surface area contributed by atoms with Crippen LogP contribution in [0.3, 0.4) is 0 Å². The first-order chi connectivity index (χ1) is 9.10. The standard InChI is InChI=1S/C13H17N3O2S/c1-16-13(14)6-9(15-16)8-5-10(17-2)11(18-3)7-12(8)19-4/h5-7H,14H2,1-4H3. The molecule has 5 nitrogen and oxygen atoms in total. The molecule has 2 aromatic rings. The lowest BCUT2D eigenvalue weighted by Crippen LogP contribution is -1.97. The molecule has 2 rings (SSSR count). The molecule has 0 aliphatic carbocycles. The van der Waals surface area contributed by atoms with Crippen molar-refractivity contribution in [1.29, 1.82) is 0 Å². The Balaban J connectivity index is 2.61. The number of hydrogen-bond donors (Lipinski definition) is 1. The second-order valence-corrected chi connectivity index (χ2v) is 4.83. The molecule has 0 aliphatic heterocycles. The van der Waals surface area contributed by atoms with Gasteiger partial charge in [-0.15, -0.1) is 11.8 Å². The molecule has 1 aromatic carbocycles.